The van der Waals surface area contributed by atoms with Crippen LogP contribution in [0.3, 0.4) is 0 Å². The summed E-state index contributed by atoms with van der Waals surface area (Å²) in [6.07, 6.45) is 1.13. The maximum absolute atomic E-state index is 12.0. The van der Waals surface area contributed by atoms with Crippen LogP contribution in [-0.4, -0.2) is 64.5 Å². The van der Waals surface area contributed by atoms with Crippen molar-refractivity contribution in [1.82, 2.24) is 9.21 Å². The maximum Gasteiger partial charge on any atom is 0.242 e. The van der Waals surface area contributed by atoms with E-state index >= 15 is 0 Å². The SMILES string of the molecule is CN(C)S(=O)(=O)c1ccc(OCCN2CCC(C)(CN)C2)cc1. The van der Waals surface area contributed by atoms with Gasteiger partial charge in [0.1, 0.15) is 12.4 Å². The highest BCUT2D eigenvalue weighted by Gasteiger charge is 2.31. The zero-order chi connectivity index (χ0) is 17.1. The molecule has 0 aromatic heterocycles. The third-order valence-corrected chi connectivity index (χ3v) is 6.24. The lowest BCUT2D eigenvalue weighted by molar-refractivity contribution is 0.219. The van der Waals surface area contributed by atoms with Crippen LogP contribution in [0.4, 0.5) is 0 Å². The summed E-state index contributed by atoms with van der Waals surface area (Å²) < 4.78 is 30.9. The van der Waals surface area contributed by atoms with E-state index in [1.165, 1.54) is 18.4 Å². The molecular formula is C16H27N3O3S. The van der Waals surface area contributed by atoms with E-state index in [0.29, 0.717) is 18.9 Å². The van der Waals surface area contributed by atoms with Crippen LogP contribution in [0.1, 0.15) is 13.3 Å². The maximum atomic E-state index is 12.0. The number of hydrogen-bond acceptors (Lipinski definition) is 5. The van der Waals surface area contributed by atoms with E-state index < -0.39 is 10.0 Å². The van der Waals surface area contributed by atoms with Gasteiger partial charge in [0.15, 0.2) is 0 Å². The van der Waals surface area contributed by atoms with Gasteiger partial charge in [0.2, 0.25) is 10.0 Å². The van der Waals surface area contributed by atoms with E-state index in [1.54, 1.807) is 24.3 Å². The summed E-state index contributed by atoms with van der Waals surface area (Å²) in [6.45, 7) is 6.43. The molecule has 1 aliphatic heterocycles. The third kappa shape index (κ3) is 4.44. The minimum absolute atomic E-state index is 0.224. The fraction of sp³-hybridized carbons (Fsp3) is 0.625. The second kappa shape index (κ2) is 7.17. The molecule has 0 radical (unpaired) electrons. The minimum atomic E-state index is -3.39. The highest BCUT2D eigenvalue weighted by Crippen LogP contribution is 2.28. The van der Waals surface area contributed by atoms with Crippen LogP contribution in [0.5, 0.6) is 5.75 Å². The number of sulfonamides is 1. The first-order valence-electron chi connectivity index (χ1n) is 7.85. The summed E-state index contributed by atoms with van der Waals surface area (Å²) in [4.78, 5) is 2.63. The Morgan fingerprint density at radius 3 is 2.48 bits per heavy atom. The lowest BCUT2D eigenvalue weighted by atomic mass is 9.90. The van der Waals surface area contributed by atoms with Crippen LogP contribution in [0.15, 0.2) is 29.2 Å². The van der Waals surface area contributed by atoms with Crippen LogP contribution < -0.4 is 10.5 Å². The van der Waals surface area contributed by atoms with Gasteiger partial charge in [-0.3, -0.25) is 4.90 Å². The van der Waals surface area contributed by atoms with Crippen LogP contribution >= 0.6 is 0 Å². The van der Waals surface area contributed by atoms with E-state index in [1.807, 2.05) is 0 Å². The highest BCUT2D eigenvalue weighted by molar-refractivity contribution is 7.89. The zero-order valence-corrected chi connectivity index (χ0v) is 15.0. The van der Waals surface area contributed by atoms with Gasteiger partial charge in [0.25, 0.3) is 0 Å². The first kappa shape index (κ1) is 18.2. The first-order valence-corrected chi connectivity index (χ1v) is 9.29. The summed E-state index contributed by atoms with van der Waals surface area (Å²) in [5.74, 6) is 0.684. The molecule has 1 saturated heterocycles. The Bertz CT molecular complexity index is 616. The van der Waals surface area contributed by atoms with Crippen molar-refractivity contribution in [2.75, 3.05) is 46.9 Å². The Labute approximate surface area is 139 Å². The van der Waals surface area contributed by atoms with Gasteiger partial charge in [-0.15, -0.1) is 0 Å². The van der Waals surface area contributed by atoms with Crippen molar-refractivity contribution in [2.24, 2.45) is 11.1 Å². The first-order chi connectivity index (χ1) is 10.8. The molecule has 23 heavy (non-hydrogen) atoms. The quantitative estimate of drug-likeness (QED) is 0.800. The van der Waals surface area contributed by atoms with Gasteiger partial charge in [0.05, 0.1) is 4.90 Å². The molecule has 130 valence electrons. The van der Waals surface area contributed by atoms with Crippen molar-refractivity contribution >= 4 is 10.0 Å². The minimum Gasteiger partial charge on any atom is -0.492 e. The molecule has 7 heteroatoms. The second-order valence-corrected chi connectivity index (χ2v) is 8.80. The molecule has 1 aromatic carbocycles. The fourth-order valence-electron chi connectivity index (χ4n) is 2.69. The van der Waals surface area contributed by atoms with E-state index in [4.69, 9.17) is 10.5 Å². The number of hydrogen-bond donors (Lipinski definition) is 1. The molecule has 1 fully saturated rings. The predicted octanol–water partition coefficient (Wildman–Crippen LogP) is 0.986. The van der Waals surface area contributed by atoms with Crippen molar-refractivity contribution in [3.8, 4) is 5.75 Å². The van der Waals surface area contributed by atoms with Crippen molar-refractivity contribution in [1.29, 1.82) is 0 Å². The lowest BCUT2D eigenvalue weighted by Gasteiger charge is -2.22. The lowest BCUT2D eigenvalue weighted by Crippen LogP contribution is -2.33. The third-order valence-electron chi connectivity index (χ3n) is 4.41. The van der Waals surface area contributed by atoms with Gasteiger partial charge in [-0.25, -0.2) is 12.7 Å². The van der Waals surface area contributed by atoms with Crippen LogP contribution in [0, 0.1) is 5.41 Å². The van der Waals surface area contributed by atoms with E-state index in [-0.39, 0.29) is 10.3 Å². The van der Waals surface area contributed by atoms with Crippen LogP contribution in [0.25, 0.3) is 0 Å². The molecule has 1 aliphatic rings. The Hall–Kier alpha value is -1.15. The average Bonchev–Trinajstić information content (AvgIpc) is 2.90. The van der Waals surface area contributed by atoms with E-state index in [2.05, 4.69) is 11.8 Å². The summed E-state index contributed by atoms with van der Waals surface area (Å²) in [7, 11) is -0.348. The van der Waals surface area contributed by atoms with Crippen molar-refractivity contribution in [3.63, 3.8) is 0 Å². The molecule has 0 bridgehead atoms. The monoisotopic (exact) mass is 341 g/mol. The number of nitrogens with two attached hydrogens (primary N) is 1. The van der Waals surface area contributed by atoms with Gasteiger partial charge >= 0.3 is 0 Å². The summed E-state index contributed by atoms with van der Waals surface area (Å²) in [5.41, 5.74) is 6.03. The van der Waals surface area contributed by atoms with Gasteiger partial charge in [0, 0.05) is 27.2 Å². The number of likely N-dealkylation sites (tertiary alicyclic amines) is 1. The van der Waals surface area contributed by atoms with Gasteiger partial charge in [-0.2, -0.15) is 0 Å². The molecule has 1 heterocycles. The molecule has 1 atom stereocenters. The largest absolute Gasteiger partial charge is 0.492 e. The molecule has 0 amide bonds. The molecule has 2 rings (SSSR count). The molecular weight excluding hydrogens is 314 g/mol. The second-order valence-electron chi connectivity index (χ2n) is 6.65. The highest BCUT2D eigenvalue weighted by atomic mass is 32.2. The number of benzene rings is 1. The normalized spacial score (nSPS) is 22.7. The Morgan fingerprint density at radius 2 is 1.96 bits per heavy atom. The van der Waals surface area contributed by atoms with Crippen LogP contribution in [0.2, 0.25) is 0 Å². The Balaban J connectivity index is 1.84. The van der Waals surface area contributed by atoms with E-state index in [0.717, 1.165) is 26.1 Å². The predicted molar refractivity (Wildman–Crippen MR) is 91.0 cm³/mol. The van der Waals surface area contributed by atoms with Gasteiger partial charge in [-0.1, -0.05) is 6.92 Å². The van der Waals surface area contributed by atoms with Crippen molar-refractivity contribution in [2.45, 2.75) is 18.2 Å². The number of nitrogens with zero attached hydrogens (tertiary/aromatic N) is 2. The topological polar surface area (TPSA) is 75.9 Å². The van der Waals surface area contributed by atoms with Crippen molar-refractivity contribution < 1.29 is 13.2 Å². The van der Waals surface area contributed by atoms with E-state index in [9.17, 15) is 8.42 Å². The Kier molecular flexibility index (Phi) is 5.67. The standard InChI is InChI=1S/C16H27N3O3S/c1-16(12-17)8-9-19(13-16)10-11-22-14-4-6-15(7-5-14)23(20,21)18(2)3/h4-7H,8-13,17H2,1-3H3. The molecule has 1 aromatic rings. The molecule has 0 aliphatic carbocycles. The fourth-order valence-corrected chi connectivity index (χ4v) is 3.60. The zero-order valence-electron chi connectivity index (χ0n) is 14.2. The smallest absolute Gasteiger partial charge is 0.242 e. The summed E-state index contributed by atoms with van der Waals surface area (Å²) >= 11 is 0. The van der Waals surface area contributed by atoms with Gasteiger partial charge in [-0.05, 0) is 49.2 Å². The van der Waals surface area contributed by atoms with Crippen molar-refractivity contribution in [3.05, 3.63) is 24.3 Å². The Morgan fingerprint density at radius 1 is 1.30 bits per heavy atom. The van der Waals surface area contributed by atoms with Crippen LogP contribution in [-0.2, 0) is 10.0 Å². The average molecular weight is 341 g/mol. The number of rotatable bonds is 7. The summed E-state index contributed by atoms with van der Waals surface area (Å²) in [5, 5.41) is 0. The molecule has 0 saturated carbocycles. The molecule has 1 unspecified atom stereocenters. The molecule has 6 nitrogen and oxygen atoms in total. The van der Waals surface area contributed by atoms with Gasteiger partial charge < -0.3 is 10.5 Å². The number of ether oxygens (including phenoxy) is 1. The molecule has 0 spiro atoms. The molecule has 2 N–H and O–H groups in total. The summed E-state index contributed by atoms with van der Waals surface area (Å²) in [6, 6.07) is 6.55.